The molecule has 0 saturated heterocycles. The summed E-state index contributed by atoms with van der Waals surface area (Å²) in [6, 6.07) is 29.9. The van der Waals surface area contributed by atoms with Crippen molar-refractivity contribution in [2.75, 3.05) is 6.61 Å². The monoisotopic (exact) mass is 420 g/mol. The van der Waals surface area contributed by atoms with E-state index in [2.05, 4.69) is 12.1 Å². The van der Waals surface area contributed by atoms with E-state index in [1.807, 2.05) is 42.5 Å². The first-order valence-corrected chi connectivity index (χ1v) is 10.4. The topological polar surface area (TPSA) is 52.6 Å². The highest BCUT2D eigenvalue weighted by molar-refractivity contribution is 6.01. The molecule has 0 bridgehead atoms. The van der Waals surface area contributed by atoms with Gasteiger partial charge in [-0.05, 0) is 59.0 Å². The van der Waals surface area contributed by atoms with Crippen LogP contribution in [0.15, 0.2) is 97.1 Å². The molecular weight excluding hydrogens is 400 g/mol. The van der Waals surface area contributed by atoms with Crippen LogP contribution in [-0.4, -0.2) is 18.4 Å². The summed E-state index contributed by atoms with van der Waals surface area (Å²) >= 11 is 0. The van der Waals surface area contributed by atoms with Crippen LogP contribution in [0.4, 0.5) is 0 Å². The van der Waals surface area contributed by atoms with Crippen molar-refractivity contribution in [1.82, 2.24) is 0 Å². The number of carbonyl (C=O) groups excluding carboxylic acids is 2. The Morgan fingerprint density at radius 2 is 1.44 bits per heavy atom. The number of fused-ring (bicyclic) bond motifs is 3. The van der Waals surface area contributed by atoms with Crippen LogP contribution in [0.1, 0.15) is 31.8 Å². The van der Waals surface area contributed by atoms with Crippen molar-refractivity contribution >= 4 is 11.8 Å². The molecule has 0 amide bonds. The lowest BCUT2D eigenvalue weighted by Gasteiger charge is -2.11. The Bertz CT molecular complexity index is 1310. The lowest BCUT2D eigenvalue weighted by molar-refractivity contribution is 0.0472. The third kappa shape index (κ3) is 3.91. The van der Waals surface area contributed by atoms with E-state index in [0.29, 0.717) is 17.1 Å². The third-order valence-electron chi connectivity index (χ3n) is 5.53. The number of para-hydroxylation sites is 2. The van der Waals surface area contributed by atoms with Gasteiger partial charge in [0.25, 0.3) is 0 Å². The second-order valence-electron chi connectivity index (χ2n) is 7.62. The van der Waals surface area contributed by atoms with Gasteiger partial charge in [-0.15, -0.1) is 0 Å². The zero-order chi connectivity index (χ0) is 21.9. The summed E-state index contributed by atoms with van der Waals surface area (Å²) in [5.74, 6) is 0.149. The summed E-state index contributed by atoms with van der Waals surface area (Å²) in [6.07, 6.45) is 0.868. The summed E-state index contributed by atoms with van der Waals surface area (Å²) < 4.78 is 11.2. The molecule has 0 saturated carbocycles. The van der Waals surface area contributed by atoms with E-state index in [-0.39, 0.29) is 18.0 Å². The highest BCUT2D eigenvalue weighted by atomic mass is 16.5. The van der Waals surface area contributed by atoms with Gasteiger partial charge in [-0.2, -0.15) is 0 Å². The van der Waals surface area contributed by atoms with Gasteiger partial charge < -0.3 is 9.47 Å². The average molecular weight is 420 g/mol. The van der Waals surface area contributed by atoms with Gasteiger partial charge in [0, 0.05) is 5.56 Å². The molecule has 0 spiro atoms. The fourth-order valence-corrected chi connectivity index (χ4v) is 3.93. The number of benzene rings is 4. The lowest BCUT2D eigenvalue weighted by Crippen LogP contribution is -2.15. The number of hydrogen-bond acceptors (Lipinski definition) is 4. The Hall–Kier alpha value is -4.18. The molecule has 4 aromatic rings. The summed E-state index contributed by atoms with van der Waals surface area (Å²) in [5.41, 5.74) is 5.48. The van der Waals surface area contributed by atoms with Crippen molar-refractivity contribution < 1.29 is 19.1 Å². The van der Waals surface area contributed by atoms with E-state index in [0.717, 1.165) is 17.5 Å². The van der Waals surface area contributed by atoms with E-state index in [1.165, 1.54) is 11.1 Å². The van der Waals surface area contributed by atoms with Crippen molar-refractivity contribution in [2.45, 2.75) is 6.42 Å². The SMILES string of the molecule is O=C(COC(=O)c1ccccc1Oc1ccccc1)c1ccc2c(c1)-c1ccccc1C2. The van der Waals surface area contributed by atoms with Crippen LogP contribution in [0.5, 0.6) is 11.5 Å². The Kier molecular flexibility index (Phi) is 5.26. The highest BCUT2D eigenvalue weighted by Gasteiger charge is 2.21. The van der Waals surface area contributed by atoms with Crippen molar-refractivity contribution in [3.8, 4) is 22.6 Å². The van der Waals surface area contributed by atoms with Crippen molar-refractivity contribution in [3.63, 3.8) is 0 Å². The first kappa shape index (κ1) is 19.8. The number of esters is 1. The number of hydrogen-bond donors (Lipinski definition) is 0. The Balaban J connectivity index is 1.29. The van der Waals surface area contributed by atoms with E-state index >= 15 is 0 Å². The van der Waals surface area contributed by atoms with Crippen LogP contribution in [0, 0.1) is 0 Å². The Labute approximate surface area is 186 Å². The first-order valence-electron chi connectivity index (χ1n) is 10.4. The van der Waals surface area contributed by atoms with Gasteiger partial charge in [-0.25, -0.2) is 4.79 Å². The number of ether oxygens (including phenoxy) is 2. The maximum Gasteiger partial charge on any atom is 0.342 e. The Morgan fingerprint density at radius 1 is 0.719 bits per heavy atom. The molecule has 0 fully saturated rings. The van der Waals surface area contributed by atoms with E-state index in [1.54, 1.807) is 42.5 Å². The molecular formula is C28H20O4. The van der Waals surface area contributed by atoms with Crippen LogP contribution in [-0.2, 0) is 11.2 Å². The van der Waals surface area contributed by atoms with E-state index in [4.69, 9.17) is 9.47 Å². The van der Waals surface area contributed by atoms with Crippen LogP contribution in [0.3, 0.4) is 0 Å². The fraction of sp³-hybridized carbons (Fsp3) is 0.0714. The molecule has 4 nitrogen and oxygen atoms in total. The molecule has 1 aliphatic rings. The number of rotatable bonds is 6. The summed E-state index contributed by atoms with van der Waals surface area (Å²) in [5, 5.41) is 0. The van der Waals surface area contributed by atoms with Crippen LogP contribution in [0.2, 0.25) is 0 Å². The first-order chi connectivity index (χ1) is 15.7. The molecule has 156 valence electrons. The molecule has 0 heterocycles. The van der Waals surface area contributed by atoms with Gasteiger partial charge in [0.1, 0.15) is 17.1 Å². The maximum absolute atomic E-state index is 12.8. The van der Waals surface area contributed by atoms with Gasteiger partial charge in [0.2, 0.25) is 0 Å². The minimum atomic E-state index is -0.601. The molecule has 0 atom stereocenters. The van der Waals surface area contributed by atoms with Crippen LogP contribution >= 0.6 is 0 Å². The largest absolute Gasteiger partial charge is 0.456 e. The Morgan fingerprint density at radius 3 is 2.31 bits per heavy atom. The zero-order valence-corrected chi connectivity index (χ0v) is 17.3. The fourth-order valence-electron chi connectivity index (χ4n) is 3.93. The second-order valence-corrected chi connectivity index (χ2v) is 7.62. The molecule has 4 heteroatoms. The minimum Gasteiger partial charge on any atom is -0.456 e. The molecule has 0 radical (unpaired) electrons. The number of Topliss-reactive ketones (excluding diaryl/α,β-unsaturated/α-hetero) is 1. The molecule has 32 heavy (non-hydrogen) atoms. The summed E-state index contributed by atoms with van der Waals surface area (Å²) in [4.78, 5) is 25.4. The molecule has 1 aliphatic carbocycles. The molecule has 4 aromatic carbocycles. The molecule has 0 unspecified atom stereocenters. The van der Waals surface area contributed by atoms with E-state index in [9.17, 15) is 9.59 Å². The normalized spacial score (nSPS) is 11.4. The zero-order valence-electron chi connectivity index (χ0n) is 17.3. The molecule has 5 rings (SSSR count). The van der Waals surface area contributed by atoms with Crippen molar-refractivity contribution in [2.24, 2.45) is 0 Å². The number of carbonyl (C=O) groups is 2. The van der Waals surface area contributed by atoms with Gasteiger partial charge >= 0.3 is 5.97 Å². The molecule has 0 N–H and O–H groups in total. The molecule has 0 aromatic heterocycles. The predicted octanol–water partition coefficient (Wildman–Crippen LogP) is 6.09. The van der Waals surface area contributed by atoms with Gasteiger partial charge in [-0.3, -0.25) is 4.79 Å². The van der Waals surface area contributed by atoms with E-state index < -0.39 is 5.97 Å². The lowest BCUT2D eigenvalue weighted by atomic mass is 10.0. The minimum absolute atomic E-state index is 0.244. The van der Waals surface area contributed by atoms with Crippen LogP contribution < -0.4 is 4.74 Å². The van der Waals surface area contributed by atoms with Crippen molar-refractivity contribution in [1.29, 1.82) is 0 Å². The standard InChI is InChI=1S/C28H20O4/c29-26(21-15-14-20-16-19-8-4-5-11-23(19)25(20)17-21)18-31-28(30)24-12-6-7-13-27(24)32-22-9-2-1-3-10-22/h1-15,17H,16,18H2. The molecule has 0 aliphatic heterocycles. The number of ketones is 1. The predicted molar refractivity (Wildman–Crippen MR) is 122 cm³/mol. The smallest absolute Gasteiger partial charge is 0.342 e. The third-order valence-corrected chi connectivity index (χ3v) is 5.53. The van der Waals surface area contributed by atoms with Gasteiger partial charge in [0.15, 0.2) is 12.4 Å². The maximum atomic E-state index is 12.8. The second kappa shape index (κ2) is 8.52. The summed E-state index contributed by atoms with van der Waals surface area (Å²) in [6.45, 7) is -0.334. The quantitative estimate of drug-likeness (QED) is 0.246. The van der Waals surface area contributed by atoms with Crippen molar-refractivity contribution in [3.05, 3.63) is 119 Å². The average Bonchev–Trinajstić information content (AvgIpc) is 3.21. The van der Waals surface area contributed by atoms with Gasteiger partial charge in [-0.1, -0.05) is 66.7 Å². The van der Waals surface area contributed by atoms with Crippen LogP contribution in [0.25, 0.3) is 11.1 Å². The summed E-state index contributed by atoms with van der Waals surface area (Å²) in [7, 11) is 0. The van der Waals surface area contributed by atoms with Gasteiger partial charge in [0.05, 0.1) is 0 Å². The highest BCUT2D eigenvalue weighted by Crippen LogP contribution is 2.37.